The van der Waals surface area contributed by atoms with E-state index >= 15 is 0 Å². The highest BCUT2D eigenvalue weighted by atomic mass is 16.7. The lowest BCUT2D eigenvalue weighted by molar-refractivity contribution is -0.133. The van der Waals surface area contributed by atoms with E-state index in [1.165, 1.54) is 13.4 Å². The van der Waals surface area contributed by atoms with Gasteiger partial charge >= 0.3 is 5.97 Å². The molecule has 1 heterocycles. The molecule has 1 fully saturated rings. The Morgan fingerprint density at radius 2 is 2.26 bits per heavy atom. The zero-order chi connectivity index (χ0) is 16.5. The molecule has 0 bridgehead atoms. The number of carbonyl (C=O) groups is 1. The standard InChI is InChI=1S/C17H19NO5/c1-20-17(19)14(12-21-11-9-18)13-6-2-3-7-15(13)23-16-8-4-5-10-22-16/h2-3,6-7,12,16H,4-5,8,10-11H2,1H3/b14-12+. The fourth-order valence-electron chi connectivity index (χ4n) is 2.23. The lowest BCUT2D eigenvalue weighted by atomic mass is 10.1. The van der Waals surface area contributed by atoms with Gasteiger partial charge in [-0.15, -0.1) is 0 Å². The minimum atomic E-state index is -0.566. The zero-order valence-corrected chi connectivity index (χ0v) is 13.0. The van der Waals surface area contributed by atoms with E-state index in [2.05, 4.69) is 0 Å². The van der Waals surface area contributed by atoms with Gasteiger partial charge in [0.05, 0.1) is 20.0 Å². The Labute approximate surface area is 135 Å². The van der Waals surface area contributed by atoms with Crippen molar-refractivity contribution in [2.75, 3.05) is 20.3 Å². The van der Waals surface area contributed by atoms with Gasteiger partial charge < -0.3 is 18.9 Å². The number of hydrogen-bond acceptors (Lipinski definition) is 6. The van der Waals surface area contributed by atoms with Gasteiger partial charge in [-0.05, 0) is 18.9 Å². The van der Waals surface area contributed by atoms with Crippen molar-refractivity contribution in [3.05, 3.63) is 36.1 Å². The maximum Gasteiger partial charge on any atom is 0.341 e. The van der Waals surface area contributed by atoms with Crippen LogP contribution in [0.5, 0.6) is 5.75 Å². The van der Waals surface area contributed by atoms with Gasteiger partial charge in [-0.3, -0.25) is 0 Å². The van der Waals surface area contributed by atoms with Gasteiger partial charge in [-0.2, -0.15) is 5.26 Å². The van der Waals surface area contributed by atoms with E-state index in [0.717, 1.165) is 19.3 Å². The monoisotopic (exact) mass is 317 g/mol. The lowest BCUT2D eigenvalue weighted by Crippen LogP contribution is -2.25. The molecule has 0 spiro atoms. The van der Waals surface area contributed by atoms with Gasteiger partial charge in [0.25, 0.3) is 0 Å². The van der Waals surface area contributed by atoms with Crippen molar-refractivity contribution in [2.24, 2.45) is 0 Å². The summed E-state index contributed by atoms with van der Waals surface area (Å²) in [4.78, 5) is 12.0. The highest BCUT2D eigenvalue weighted by Crippen LogP contribution is 2.29. The molecule has 0 saturated carbocycles. The van der Waals surface area contributed by atoms with Crippen molar-refractivity contribution in [2.45, 2.75) is 25.6 Å². The zero-order valence-electron chi connectivity index (χ0n) is 13.0. The van der Waals surface area contributed by atoms with Crippen molar-refractivity contribution in [3.8, 4) is 11.8 Å². The molecule has 1 aromatic carbocycles. The Morgan fingerprint density at radius 1 is 1.43 bits per heavy atom. The smallest absolute Gasteiger partial charge is 0.341 e. The van der Waals surface area contributed by atoms with E-state index in [9.17, 15) is 4.79 Å². The minimum Gasteiger partial charge on any atom is -0.485 e. The number of nitrogens with zero attached hydrogens (tertiary/aromatic N) is 1. The van der Waals surface area contributed by atoms with Crippen LogP contribution in [0.4, 0.5) is 0 Å². The first kappa shape index (κ1) is 16.8. The first-order chi connectivity index (χ1) is 11.3. The van der Waals surface area contributed by atoms with E-state index in [1.54, 1.807) is 18.2 Å². The van der Waals surface area contributed by atoms with E-state index in [4.69, 9.17) is 24.2 Å². The molecule has 2 rings (SSSR count). The molecule has 122 valence electrons. The summed E-state index contributed by atoms with van der Waals surface area (Å²) in [5.74, 6) is -0.0554. The Kier molecular flexibility index (Phi) is 6.45. The molecule has 1 unspecified atom stereocenters. The molecule has 23 heavy (non-hydrogen) atoms. The molecule has 1 aliphatic heterocycles. The normalized spacial score (nSPS) is 17.9. The van der Waals surface area contributed by atoms with Crippen molar-refractivity contribution in [3.63, 3.8) is 0 Å². The third kappa shape index (κ3) is 4.73. The number of hydrogen-bond donors (Lipinski definition) is 0. The molecule has 0 aliphatic carbocycles. The van der Waals surface area contributed by atoms with Gasteiger partial charge in [0.2, 0.25) is 0 Å². The second-order valence-electron chi connectivity index (χ2n) is 4.90. The quantitative estimate of drug-likeness (QED) is 0.347. The second kappa shape index (κ2) is 8.81. The molecule has 0 N–H and O–H groups in total. The van der Waals surface area contributed by atoms with Gasteiger partial charge in [0.1, 0.15) is 17.4 Å². The number of ether oxygens (including phenoxy) is 4. The first-order valence-electron chi connectivity index (χ1n) is 7.41. The van der Waals surface area contributed by atoms with Crippen LogP contribution in [0, 0.1) is 11.3 Å². The van der Waals surface area contributed by atoms with Crippen LogP contribution in [0.2, 0.25) is 0 Å². The van der Waals surface area contributed by atoms with Crippen LogP contribution in [0.25, 0.3) is 5.57 Å². The molecule has 0 radical (unpaired) electrons. The minimum absolute atomic E-state index is 0.157. The summed E-state index contributed by atoms with van der Waals surface area (Å²) in [6.07, 6.45) is 3.76. The van der Waals surface area contributed by atoms with Gasteiger partial charge in [-0.25, -0.2) is 4.79 Å². The van der Waals surface area contributed by atoms with E-state index in [-0.39, 0.29) is 18.5 Å². The molecule has 1 aliphatic rings. The van der Waals surface area contributed by atoms with Crippen molar-refractivity contribution >= 4 is 11.5 Å². The van der Waals surface area contributed by atoms with Gasteiger partial charge in [0.15, 0.2) is 12.9 Å². The van der Waals surface area contributed by atoms with Crippen LogP contribution in [0.1, 0.15) is 24.8 Å². The lowest BCUT2D eigenvalue weighted by Gasteiger charge is -2.24. The van der Waals surface area contributed by atoms with Crippen LogP contribution >= 0.6 is 0 Å². The summed E-state index contributed by atoms with van der Waals surface area (Å²) in [5, 5.41) is 8.55. The summed E-state index contributed by atoms with van der Waals surface area (Å²) in [6, 6.07) is 8.93. The summed E-state index contributed by atoms with van der Waals surface area (Å²) in [7, 11) is 1.29. The SMILES string of the molecule is COC(=O)/C(=C/OCC#N)c1ccccc1OC1CCCCO1. The molecular weight excluding hydrogens is 298 g/mol. The number of benzene rings is 1. The predicted molar refractivity (Wildman–Crippen MR) is 82.2 cm³/mol. The summed E-state index contributed by atoms with van der Waals surface area (Å²) < 4.78 is 21.3. The molecule has 1 saturated heterocycles. The topological polar surface area (TPSA) is 77.8 Å². The molecule has 1 aromatic rings. The molecule has 1 atom stereocenters. The fourth-order valence-corrected chi connectivity index (χ4v) is 2.23. The average molecular weight is 317 g/mol. The maximum atomic E-state index is 12.0. The van der Waals surface area contributed by atoms with Crippen LogP contribution in [-0.4, -0.2) is 32.6 Å². The third-order valence-corrected chi connectivity index (χ3v) is 3.33. The Morgan fingerprint density at radius 3 is 2.96 bits per heavy atom. The third-order valence-electron chi connectivity index (χ3n) is 3.33. The summed E-state index contributed by atoms with van der Waals surface area (Å²) in [6.45, 7) is 0.507. The van der Waals surface area contributed by atoms with Crippen molar-refractivity contribution in [1.82, 2.24) is 0 Å². The summed E-state index contributed by atoms with van der Waals surface area (Å²) in [5.41, 5.74) is 0.723. The molecular formula is C17H19NO5. The molecule has 6 heteroatoms. The largest absolute Gasteiger partial charge is 0.485 e. The van der Waals surface area contributed by atoms with Crippen LogP contribution in [0.15, 0.2) is 30.5 Å². The Bertz CT molecular complexity index is 599. The number of rotatable bonds is 6. The van der Waals surface area contributed by atoms with E-state index in [0.29, 0.717) is 17.9 Å². The fraction of sp³-hybridized carbons (Fsp3) is 0.412. The van der Waals surface area contributed by atoms with Crippen molar-refractivity contribution < 1.29 is 23.7 Å². The Balaban J connectivity index is 2.25. The molecule has 0 amide bonds. The van der Waals surface area contributed by atoms with Crippen LogP contribution in [-0.2, 0) is 19.0 Å². The summed E-state index contributed by atoms with van der Waals surface area (Å²) >= 11 is 0. The number of esters is 1. The van der Waals surface area contributed by atoms with Crippen LogP contribution < -0.4 is 4.74 Å². The number of carbonyl (C=O) groups excluding carboxylic acids is 1. The predicted octanol–water partition coefficient (Wildman–Crippen LogP) is 2.65. The molecule has 6 nitrogen and oxygen atoms in total. The highest BCUT2D eigenvalue weighted by molar-refractivity contribution is 6.16. The average Bonchev–Trinajstić information content (AvgIpc) is 2.60. The number of methoxy groups -OCH3 is 1. The molecule has 0 aromatic heterocycles. The van der Waals surface area contributed by atoms with Crippen molar-refractivity contribution in [1.29, 1.82) is 5.26 Å². The van der Waals surface area contributed by atoms with Crippen LogP contribution in [0.3, 0.4) is 0 Å². The number of para-hydroxylation sites is 1. The van der Waals surface area contributed by atoms with E-state index in [1.807, 2.05) is 12.1 Å². The van der Waals surface area contributed by atoms with Gasteiger partial charge in [-0.1, -0.05) is 18.2 Å². The van der Waals surface area contributed by atoms with Gasteiger partial charge in [0, 0.05) is 12.0 Å². The highest BCUT2D eigenvalue weighted by Gasteiger charge is 2.21. The second-order valence-corrected chi connectivity index (χ2v) is 4.90. The maximum absolute atomic E-state index is 12.0. The van der Waals surface area contributed by atoms with E-state index < -0.39 is 5.97 Å². The number of nitriles is 1. The first-order valence-corrected chi connectivity index (χ1v) is 7.41. The Hall–Kier alpha value is -2.52.